The summed E-state index contributed by atoms with van der Waals surface area (Å²) in [5, 5.41) is 1.84. The minimum Gasteiger partial charge on any atom is -0.281 e. The minimum atomic E-state index is -0.155. The standard InChI is InChI=1S/C19H20N2O/c1-2-3-6-15-19(22)20-21(18-13-9-5-10-14-18)16-17-11-7-4-8-12-17/h2-15H,16H2,1H3,(H,20,22)/b3-2+,15-6+. The van der Waals surface area contributed by atoms with E-state index in [0.29, 0.717) is 6.54 Å². The molecule has 0 aromatic heterocycles. The molecular weight excluding hydrogens is 272 g/mol. The Bertz CT molecular complexity index is 633. The zero-order valence-corrected chi connectivity index (χ0v) is 12.6. The van der Waals surface area contributed by atoms with Crippen molar-refractivity contribution in [2.75, 3.05) is 5.01 Å². The topological polar surface area (TPSA) is 32.3 Å². The number of carbonyl (C=O) groups excluding carboxylic acids is 1. The molecule has 0 heterocycles. The maximum atomic E-state index is 12.0. The Morgan fingerprint density at radius 3 is 2.27 bits per heavy atom. The third kappa shape index (κ3) is 4.94. The summed E-state index contributed by atoms with van der Waals surface area (Å²) in [6.45, 7) is 2.52. The average molecular weight is 292 g/mol. The highest BCUT2D eigenvalue weighted by Gasteiger charge is 2.08. The number of anilines is 1. The molecule has 0 saturated carbocycles. The molecule has 0 aliphatic rings. The molecule has 0 atom stereocenters. The van der Waals surface area contributed by atoms with Crippen LogP contribution in [0.4, 0.5) is 5.69 Å². The van der Waals surface area contributed by atoms with Gasteiger partial charge in [-0.2, -0.15) is 0 Å². The first-order valence-electron chi connectivity index (χ1n) is 7.26. The van der Waals surface area contributed by atoms with Crippen molar-refractivity contribution in [1.82, 2.24) is 5.43 Å². The second-order valence-corrected chi connectivity index (χ2v) is 4.77. The predicted octanol–water partition coefficient (Wildman–Crippen LogP) is 3.86. The second kappa shape index (κ2) is 8.47. The number of nitrogens with one attached hydrogen (secondary N) is 1. The van der Waals surface area contributed by atoms with Gasteiger partial charge in [-0.1, -0.05) is 66.8 Å². The van der Waals surface area contributed by atoms with Crippen LogP contribution in [0, 0.1) is 0 Å². The van der Waals surface area contributed by atoms with E-state index in [0.717, 1.165) is 11.3 Å². The van der Waals surface area contributed by atoms with Gasteiger partial charge in [-0.15, -0.1) is 0 Å². The van der Waals surface area contributed by atoms with E-state index in [9.17, 15) is 4.79 Å². The molecule has 0 aliphatic carbocycles. The highest BCUT2D eigenvalue weighted by atomic mass is 16.2. The number of para-hydroxylation sites is 1. The maximum absolute atomic E-state index is 12.0. The molecular formula is C19H20N2O. The van der Waals surface area contributed by atoms with Crippen LogP contribution in [0.25, 0.3) is 0 Å². The molecule has 1 N–H and O–H groups in total. The van der Waals surface area contributed by atoms with E-state index < -0.39 is 0 Å². The molecule has 0 aliphatic heterocycles. The first-order chi connectivity index (χ1) is 10.8. The Labute approximate surface area is 131 Å². The van der Waals surface area contributed by atoms with E-state index in [2.05, 4.69) is 5.43 Å². The Kier molecular flexibility index (Phi) is 6.00. The molecule has 22 heavy (non-hydrogen) atoms. The molecule has 2 aromatic rings. The number of hydrazine groups is 1. The lowest BCUT2D eigenvalue weighted by atomic mass is 10.2. The fourth-order valence-corrected chi connectivity index (χ4v) is 1.99. The molecule has 0 radical (unpaired) electrons. The molecule has 0 spiro atoms. The zero-order valence-electron chi connectivity index (χ0n) is 12.6. The van der Waals surface area contributed by atoms with Gasteiger partial charge in [0.05, 0.1) is 12.2 Å². The lowest BCUT2D eigenvalue weighted by molar-refractivity contribution is -0.116. The molecule has 2 rings (SSSR count). The van der Waals surface area contributed by atoms with Crippen LogP contribution < -0.4 is 10.4 Å². The summed E-state index contributed by atoms with van der Waals surface area (Å²) in [6.07, 6.45) is 6.94. The molecule has 0 unspecified atom stereocenters. The van der Waals surface area contributed by atoms with Gasteiger partial charge in [0.15, 0.2) is 0 Å². The smallest absolute Gasteiger partial charge is 0.262 e. The van der Waals surface area contributed by atoms with E-state index in [1.165, 1.54) is 6.08 Å². The molecule has 0 saturated heterocycles. The van der Waals surface area contributed by atoms with E-state index in [1.54, 1.807) is 6.08 Å². The Hall–Kier alpha value is -2.81. The lowest BCUT2D eigenvalue weighted by Gasteiger charge is -2.25. The van der Waals surface area contributed by atoms with Crippen LogP contribution in [-0.2, 0) is 11.3 Å². The quantitative estimate of drug-likeness (QED) is 0.498. The zero-order chi connectivity index (χ0) is 15.6. The number of rotatable bonds is 6. The van der Waals surface area contributed by atoms with E-state index in [1.807, 2.05) is 84.7 Å². The Morgan fingerprint density at radius 1 is 1.00 bits per heavy atom. The summed E-state index contributed by atoms with van der Waals surface area (Å²) in [6, 6.07) is 19.9. The monoisotopic (exact) mass is 292 g/mol. The van der Waals surface area contributed by atoms with Crippen molar-refractivity contribution in [3.8, 4) is 0 Å². The molecule has 0 bridgehead atoms. The van der Waals surface area contributed by atoms with Gasteiger partial charge in [-0.3, -0.25) is 15.2 Å². The Morgan fingerprint density at radius 2 is 1.64 bits per heavy atom. The van der Waals surface area contributed by atoms with Crippen LogP contribution in [-0.4, -0.2) is 5.91 Å². The van der Waals surface area contributed by atoms with Crippen LogP contribution in [0.3, 0.4) is 0 Å². The molecule has 0 fully saturated rings. The number of amides is 1. The number of benzene rings is 2. The molecule has 1 amide bonds. The van der Waals surface area contributed by atoms with Crippen LogP contribution in [0.15, 0.2) is 85.0 Å². The van der Waals surface area contributed by atoms with Crippen molar-refractivity contribution in [2.45, 2.75) is 13.5 Å². The summed E-state index contributed by atoms with van der Waals surface area (Å²) >= 11 is 0. The third-order valence-corrected chi connectivity index (χ3v) is 3.05. The van der Waals surface area contributed by atoms with Gasteiger partial charge < -0.3 is 0 Å². The highest BCUT2D eigenvalue weighted by molar-refractivity contribution is 5.88. The number of allylic oxidation sites excluding steroid dienone is 3. The largest absolute Gasteiger partial charge is 0.281 e. The van der Waals surface area contributed by atoms with Crippen molar-refractivity contribution in [3.63, 3.8) is 0 Å². The third-order valence-electron chi connectivity index (χ3n) is 3.05. The molecule has 3 heteroatoms. The van der Waals surface area contributed by atoms with Gasteiger partial charge in [-0.05, 0) is 24.6 Å². The summed E-state index contributed by atoms with van der Waals surface area (Å²) < 4.78 is 0. The van der Waals surface area contributed by atoms with E-state index in [-0.39, 0.29) is 5.91 Å². The lowest BCUT2D eigenvalue weighted by Crippen LogP contribution is -2.41. The first-order valence-corrected chi connectivity index (χ1v) is 7.26. The maximum Gasteiger partial charge on any atom is 0.262 e. The molecule has 112 valence electrons. The molecule has 3 nitrogen and oxygen atoms in total. The van der Waals surface area contributed by atoms with Crippen molar-refractivity contribution < 1.29 is 4.79 Å². The second-order valence-electron chi connectivity index (χ2n) is 4.77. The van der Waals surface area contributed by atoms with E-state index in [4.69, 9.17) is 0 Å². The first kappa shape index (κ1) is 15.6. The summed E-state index contributed by atoms with van der Waals surface area (Å²) in [4.78, 5) is 12.0. The fraction of sp³-hybridized carbons (Fsp3) is 0.105. The number of hydrogen-bond donors (Lipinski definition) is 1. The van der Waals surface area contributed by atoms with Gasteiger partial charge in [0, 0.05) is 6.08 Å². The van der Waals surface area contributed by atoms with Crippen molar-refractivity contribution in [1.29, 1.82) is 0 Å². The van der Waals surface area contributed by atoms with Gasteiger partial charge in [0.2, 0.25) is 0 Å². The van der Waals surface area contributed by atoms with Crippen LogP contribution >= 0.6 is 0 Å². The summed E-state index contributed by atoms with van der Waals surface area (Å²) in [7, 11) is 0. The van der Waals surface area contributed by atoms with Crippen molar-refractivity contribution in [3.05, 3.63) is 90.5 Å². The van der Waals surface area contributed by atoms with Crippen LogP contribution in [0.2, 0.25) is 0 Å². The van der Waals surface area contributed by atoms with Crippen molar-refractivity contribution in [2.24, 2.45) is 0 Å². The number of nitrogens with zero attached hydrogens (tertiary/aromatic N) is 1. The minimum absolute atomic E-state index is 0.155. The van der Waals surface area contributed by atoms with Gasteiger partial charge >= 0.3 is 0 Å². The Balaban J connectivity index is 2.13. The van der Waals surface area contributed by atoms with Crippen LogP contribution in [0.1, 0.15) is 12.5 Å². The average Bonchev–Trinajstić information content (AvgIpc) is 2.56. The van der Waals surface area contributed by atoms with Gasteiger partial charge in [-0.25, -0.2) is 0 Å². The highest BCUT2D eigenvalue weighted by Crippen LogP contribution is 2.14. The normalized spacial score (nSPS) is 11.0. The number of carbonyl (C=O) groups is 1. The summed E-state index contributed by atoms with van der Waals surface area (Å²) in [5.41, 5.74) is 4.99. The summed E-state index contributed by atoms with van der Waals surface area (Å²) in [5.74, 6) is -0.155. The SMILES string of the molecule is C/C=C/C=C/C(=O)NN(Cc1ccccc1)c1ccccc1. The van der Waals surface area contributed by atoms with Crippen LogP contribution in [0.5, 0.6) is 0 Å². The van der Waals surface area contributed by atoms with Crippen molar-refractivity contribution >= 4 is 11.6 Å². The predicted molar refractivity (Wildman–Crippen MR) is 91.2 cm³/mol. The van der Waals surface area contributed by atoms with E-state index >= 15 is 0 Å². The number of hydrogen-bond acceptors (Lipinski definition) is 2. The fourth-order valence-electron chi connectivity index (χ4n) is 1.99. The van der Waals surface area contributed by atoms with Gasteiger partial charge in [0.1, 0.15) is 0 Å². The van der Waals surface area contributed by atoms with Gasteiger partial charge in [0.25, 0.3) is 5.91 Å². The molecule has 2 aromatic carbocycles.